The van der Waals surface area contributed by atoms with E-state index >= 15 is 0 Å². The molecule has 3 heterocycles. The van der Waals surface area contributed by atoms with Crippen molar-refractivity contribution in [3.05, 3.63) is 58.3 Å². The van der Waals surface area contributed by atoms with E-state index in [0.717, 1.165) is 16.1 Å². The second-order valence-electron chi connectivity index (χ2n) is 6.63. The smallest absolute Gasteiger partial charge is 0.273 e. The molecule has 0 saturated heterocycles. The molecular formula is C20H19N3O4S2. The van der Waals surface area contributed by atoms with E-state index in [-0.39, 0.29) is 10.1 Å². The van der Waals surface area contributed by atoms with Crippen molar-refractivity contribution in [1.82, 2.24) is 5.16 Å². The van der Waals surface area contributed by atoms with Crippen molar-refractivity contribution in [2.45, 2.75) is 24.5 Å². The van der Waals surface area contributed by atoms with Gasteiger partial charge in [0, 0.05) is 18.3 Å². The molecule has 29 heavy (non-hydrogen) atoms. The van der Waals surface area contributed by atoms with Crippen molar-refractivity contribution in [3.8, 4) is 0 Å². The van der Waals surface area contributed by atoms with E-state index in [1.54, 1.807) is 31.2 Å². The number of para-hydroxylation sites is 1. The number of carbonyl (C=O) groups is 1. The van der Waals surface area contributed by atoms with Gasteiger partial charge in [-0.15, -0.1) is 11.3 Å². The summed E-state index contributed by atoms with van der Waals surface area (Å²) in [6, 6.07) is 10.9. The number of hydrogen-bond acceptors (Lipinski definition) is 6. The average Bonchev–Trinajstić information content (AvgIpc) is 3.40. The van der Waals surface area contributed by atoms with Crippen LogP contribution in [0.5, 0.6) is 0 Å². The first-order valence-corrected chi connectivity index (χ1v) is 11.2. The zero-order valence-corrected chi connectivity index (χ0v) is 17.5. The van der Waals surface area contributed by atoms with Crippen LogP contribution in [0.1, 0.15) is 28.8 Å². The van der Waals surface area contributed by atoms with Crippen molar-refractivity contribution >= 4 is 50.8 Å². The molecule has 0 atom stereocenters. The van der Waals surface area contributed by atoms with E-state index in [0.29, 0.717) is 30.1 Å². The molecule has 0 saturated carbocycles. The minimum atomic E-state index is -3.61. The van der Waals surface area contributed by atoms with E-state index in [9.17, 15) is 13.2 Å². The Morgan fingerprint density at radius 1 is 1.24 bits per heavy atom. The van der Waals surface area contributed by atoms with E-state index in [1.807, 2.05) is 24.3 Å². The Morgan fingerprint density at radius 2 is 2.03 bits per heavy atom. The minimum absolute atomic E-state index is 0.221. The lowest BCUT2D eigenvalue weighted by atomic mass is 10.2. The average molecular weight is 430 g/mol. The second kappa shape index (κ2) is 7.49. The highest BCUT2D eigenvalue weighted by Gasteiger charge is 2.31. The maximum atomic E-state index is 13.1. The molecule has 1 aromatic carbocycles. The normalized spacial score (nSPS) is 13.8. The summed E-state index contributed by atoms with van der Waals surface area (Å²) in [5.74, 6) is 0.185. The number of carbonyl (C=O) groups excluding carboxylic acids is 1. The van der Waals surface area contributed by atoms with Crippen LogP contribution >= 0.6 is 11.3 Å². The maximum Gasteiger partial charge on any atom is 0.273 e. The van der Waals surface area contributed by atoms with Gasteiger partial charge in [0.15, 0.2) is 5.76 Å². The zero-order valence-electron chi connectivity index (χ0n) is 15.9. The monoisotopic (exact) mass is 429 g/mol. The van der Waals surface area contributed by atoms with Gasteiger partial charge in [-0.1, -0.05) is 23.4 Å². The second-order valence-corrected chi connectivity index (χ2v) is 9.84. The molecular weight excluding hydrogens is 410 g/mol. The van der Waals surface area contributed by atoms with Gasteiger partial charge in [0.2, 0.25) is 5.91 Å². The molecule has 1 aliphatic rings. The van der Waals surface area contributed by atoms with Crippen LogP contribution in [-0.2, 0) is 21.2 Å². The molecule has 1 N–H and O–H groups in total. The Balaban J connectivity index is 1.58. The Morgan fingerprint density at radius 3 is 2.83 bits per heavy atom. The Hall–Kier alpha value is -2.91. The van der Waals surface area contributed by atoms with Gasteiger partial charge in [-0.2, -0.15) is 0 Å². The molecule has 0 aliphatic carbocycles. The highest BCUT2D eigenvalue weighted by atomic mass is 32.2. The predicted octanol–water partition coefficient (Wildman–Crippen LogP) is 3.92. The van der Waals surface area contributed by atoms with Gasteiger partial charge < -0.3 is 9.84 Å². The van der Waals surface area contributed by atoms with Gasteiger partial charge in [0.1, 0.15) is 15.6 Å². The number of fused-ring (bicyclic) bond motifs is 1. The van der Waals surface area contributed by atoms with E-state index in [1.165, 1.54) is 22.6 Å². The third-order valence-electron chi connectivity index (χ3n) is 4.58. The van der Waals surface area contributed by atoms with Gasteiger partial charge in [-0.3, -0.25) is 9.10 Å². The van der Waals surface area contributed by atoms with Crippen molar-refractivity contribution in [1.29, 1.82) is 0 Å². The predicted molar refractivity (Wildman–Crippen MR) is 113 cm³/mol. The number of aromatic nitrogens is 1. The van der Waals surface area contributed by atoms with Crippen molar-refractivity contribution in [2.75, 3.05) is 16.2 Å². The summed E-state index contributed by atoms with van der Waals surface area (Å²) in [5, 5.41) is 6.55. The van der Waals surface area contributed by atoms with Crippen molar-refractivity contribution < 1.29 is 17.7 Å². The molecule has 0 spiro atoms. The molecule has 0 unspecified atom stereocenters. The molecule has 3 aromatic rings. The number of nitrogens with one attached hydrogen (secondary N) is 1. The van der Waals surface area contributed by atoms with Gasteiger partial charge >= 0.3 is 0 Å². The first-order valence-electron chi connectivity index (χ1n) is 8.98. The Kier molecular flexibility index (Phi) is 5.01. The highest BCUT2D eigenvalue weighted by molar-refractivity contribution is 7.94. The van der Waals surface area contributed by atoms with Gasteiger partial charge in [0.05, 0.1) is 5.69 Å². The van der Waals surface area contributed by atoms with Crippen LogP contribution in [0.25, 0.3) is 12.2 Å². The van der Waals surface area contributed by atoms with Crippen LogP contribution in [0.2, 0.25) is 0 Å². The number of thiophene rings is 1. The van der Waals surface area contributed by atoms with Crippen molar-refractivity contribution in [3.63, 3.8) is 0 Å². The molecule has 0 radical (unpaired) electrons. The number of nitrogens with zero attached hydrogens (tertiary/aromatic N) is 2. The zero-order chi connectivity index (χ0) is 20.6. The van der Waals surface area contributed by atoms with Crippen LogP contribution in [-0.4, -0.2) is 26.0 Å². The standard InChI is InChI=1S/C20H19N3O4S2/c1-13-20(21-14(2)24)18(27-22-13)9-7-16-8-10-19(28-16)29(25,26)23-12-11-15-5-3-4-6-17(15)23/h3-10H,11-12H2,1-2H3,(H,21,24). The van der Waals surface area contributed by atoms with Crippen LogP contribution < -0.4 is 9.62 Å². The number of rotatable bonds is 5. The number of sulfonamides is 1. The number of aryl methyl sites for hydroxylation is 1. The molecule has 0 fully saturated rings. The van der Waals surface area contributed by atoms with E-state index in [4.69, 9.17) is 4.52 Å². The fraction of sp³-hybridized carbons (Fsp3) is 0.200. The Labute approximate surface area is 172 Å². The van der Waals surface area contributed by atoms with Gasteiger partial charge in [-0.05, 0) is 49.3 Å². The lowest BCUT2D eigenvalue weighted by Gasteiger charge is -2.18. The lowest BCUT2D eigenvalue weighted by Crippen LogP contribution is -2.28. The summed E-state index contributed by atoms with van der Waals surface area (Å²) in [4.78, 5) is 12.1. The Bertz CT molecular complexity index is 1210. The molecule has 4 rings (SSSR count). The molecule has 7 nitrogen and oxygen atoms in total. The number of anilines is 2. The van der Waals surface area contributed by atoms with Gasteiger partial charge in [0.25, 0.3) is 10.0 Å². The summed E-state index contributed by atoms with van der Waals surface area (Å²) in [5.41, 5.74) is 2.86. The van der Waals surface area contributed by atoms with Crippen LogP contribution in [0.15, 0.2) is 45.1 Å². The third-order valence-corrected chi connectivity index (χ3v) is 7.91. The number of benzene rings is 1. The number of hydrogen-bond donors (Lipinski definition) is 1. The van der Waals surface area contributed by atoms with E-state index in [2.05, 4.69) is 10.5 Å². The molecule has 0 bridgehead atoms. The topological polar surface area (TPSA) is 92.5 Å². The summed E-state index contributed by atoms with van der Waals surface area (Å²) >= 11 is 1.18. The fourth-order valence-electron chi connectivity index (χ4n) is 3.22. The van der Waals surface area contributed by atoms with Crippen molar-refractivity contribution in [2.24, 2.45) is 0 Å². The highest BCUT2D eigenvalue weighted by Crippen LogP contribution is 2.35. The van der Waals surface area contributed by atoms with Crippen LogP contribution in [0.4, 0.5) is 11.4 Å². The van der Waals surface area contributed by atoms with E-state index < -0.39 is 10.0 Å². The summed E-state index contributed by atoms with van der Waals surface area (Å²) < 4.78 is 33.2. The maximum absolute atomic E-state index is 13.1. The minimum Gasteiger partial charge on any atom is -0.354 e. The lowest BCUT2D eigenvalue weighted by molar-refractivity contribution is -0.114. The molecule has 9 heteroatoms. The first kappa shape index (κ1) is 19.4. The molecule has 150 valence electrons. The third kappa shape index (κ3) is 3.70. The number of amides is 1. The van der Waals surface area contributed by atoms with Crippen LogP contribution in [0.3, 0.4) is 0 Å². The SMILES string of the molecule is CC(=O)Nc1c(C)noc1C=Cc1ccc(S(=O)(=O)N2CCc3ccccc32)s1. The summed E-state index contributed by atoms with van der Waals surface area (Å²) in [6.07, 6.45) is 4.12. The molecule has 1 aliphatic heterocycles. The van der Waals surface area contributed by atoms with Crippen LogP contribution in [0, 0.1) is 6.92 Å². The quantitative estimate of drug-likeness (QED) is 0.663. The van der Waals surface area contributed by atoms with Gasteiger partial charge in [-0.25, -0.2) is 8.42 Å². The first-order chi connectivity index (χ1) is 13.9. The fourth-order valence-corrected chi connectivity index (χ4v) is 6.06. The molecule has 1 amide bonds. The summed E-state index contributed by atoms with van der Waals surface area (Å²) in [7, 11) is -3.61. The summed E-state index contributed by atoms with van der Waals surface area (Å²) in [6.45, 7) is 3.59. The molecule has 2 aromatic heterocycles. The largest absolute Gasteiger partial charge is 0.354 e.